The number of benzene rings is 1. The van der Waals surface area contributed by atoms with E-state index in [1.54, 1.807) is 10.9 Å². The standard InChI is InChI=1S/C16H14N6OS2/c1-9(24-15-10-7-19-22(2)13(10)17-8-18-15)14(23)21-16-20-11-5-3-4-6-12(11)25-16/h3-9H,1-2H3,(H,20,21,23). The molecule has 1 amide bonds. The van der Waals surface area contributed by atoms with E-state index in [1.165, 1.54) is 29.4 Å². The van der Waals surface area contributed by atoms with Crippen molar-refractivity contribution in [3.63, 3.8) is 0 Å². The number of fused-ring (bicyclic) bond motifs is 2. The van der Waals surface area contributed by atoms with E-state index < -0.39 is 0 Å². The monoisotopic (exact) mass is 370 g/mol. The minimum absolute atomic E-state index is 0.111. The first kappa shape index (κ1) is 16.0. The number of nitrogens with zero attached hydrogens (tertiary/aromatic N) is 5. The summed E-state index contributed by atoms with van der Waals surface area (Å²) in [7, 11) is 1.83. The van der Waals surface area contributed by atoms with E-state index in [4.69, 9.17) is 0 Å². The number of nitrogens with one attached hydrogen (secondary N) is 1. The van der Waals surface area contributed by atoms with E-state index in [2.05, 4.69) is 25.4 Å². The third kappa shape index (κ3) is 3.08. The molecule has 0 saturated carbocycles. The number of para-hydroxylation sites is 1. The SMILES string of the molecule is CC(Sc1ncnc2c1cnn2C)C(=O)Nc1nc2ccccc2s1. The molecule has 126 valence electrons. The molecular weight excluding hydrogens is 356 g/mol. The molecule has 0 spiro atoms. The first-order valence-electron chi connectivity index (χ1n) is 7.57. The average Bonchev–Trinajstić information content (AvgIpc) is 3.18. The zero-order valence-electron chi connectivity index (χ0n) is 13.5. The highest BCUT2D eigenvalue weighted by Gasteiger charge is 2.19. The van der Waals surface area contributed by atoms with Crippen LogP contribution in [0.4, 0.5) is 5.13 Å². The summed E-state index contributed by atoms with van der Waals surface area (Å²) in [5, 5.41) is 8.94. The Morgan fingerprint density at radius 2 is 2.16 bits per heavy atom. The van der Waals surface area contributed by atoms with E-state index >= 15 is 0 Å². The van der Waals surface area contributed by atoms with Gasteiger partial charge >= 0.3 is 0 Å². The van der Waals surface area contributed by atoms with Crippen molar-refractivity contribution in [3.8, 4) is 0 Å². The van der Waals surface area contributed by atoms with Gasteiger partial charge in [0.05, 0.1) is 27.0 Å². The minimum atomic E-state index is -0.328. The molecule has 0 radical (unpaired) electrons. The highest BCUT2D eigenvalue weighted by Crippen LogP contribution is 2.29. The maximum absolute atomic E-state index is 12.5. The molecule has 1 aromatic carbocycles. The molecule has 0 saturated heterocycles. The number of anilines is 1. The largest absolute Gasteiger partial charge is 0.301 e. The number of hydrogen-bond donors (Lipinski definition) is 1. The molecule has 3 aromatic heterocycles. The maximum Gasteiger partial charge on any atom is 0.239 e. The van der Waals surface area contributed by atoms with Gasteiger partial charge in [0, 0.05) is 7.05 Å². The molecule has 25 heavy (non-hydrogen) atoms. The van der Waals surface area contributed by atoms with Gasteiger partial charge in [0.1, 0.15) is 11.4 Å². The van der Waals surface area contributed by atoms with Crippen LogP contribution in [0, 0.1) is 0 Å². The molecule has 0 aliphatic heterocycles. The maximum atomic E-state index is 12.5. The van der Waals surface area contributed by atoms with Gasteiger partial charge in [0.2, 0.25) is 5.91 Å². The molecule has 1 unspecified atom stereocenters. The van der Waals surface area contributed by atoms with Gasteiger partial charge in [0.15, 0.2) is 10.8 Å². The molecule has 4 aromatic rings. The van der Waals surface area contributed by atoms with Crippen molar-refractivity contribution in [1.82, 2.24) is 24.7 Å². The number of carbonyl (C=O) groups excluding carboxylic acids is 1. The van der Waals surface area contributed by atoms with Crippen LogP contribution in [0.25, 0.3) is 21.3 Å². The Kier molecular flexibility index (Phi) is 4.10. The van der Waals surface area contributed by atoms with Crippen molar-refractivity contribution in [2.24, 2.45) is 7.05 Å². The first-order valence-corrected chi connectivity index (χ1v) is 9.27. The average molecular weight is 370 g/mol. The lowest BCUT2D eigenvalue weighted by molar-refractivity contribution is -0.115. The Balaban J connectivity index is 1.51. The summed E-state index contributed by atoms with van der Waals surface area (Å²) in [6.07, 6.45) is 3.21. The predicted molar refractivity (Wildman–Crippen MR) is 99.9 cm³/mol. The number of hydrogen-bond acceptors (Lipinski definition) is 7. The van der Waals surface area contributed by atoms with Crippen molar-refractivity contribution >= 4 is 55.4 Å². The molecule has 9 heteroatoms. The predicted octanol–water partition coefficient (Wildman–Crippen LogP) is 3.09. The number of aryl methyl sites for hydroxylation is 1. The van der Waals surface area contributed by atoms with Crippen molar-refractivity contribution in [2.75, 3.05) is 5.32 Å². The van der Waals surface area contributed by atoms with Crippen LogP contribution in [0.1, 0.15) is 6.92 Å². The molecule has 0 bridgehead atoms. The topological polar surface area (TPSA) is 85.6 Å². The fraction of sp³-hybridized carbons (Fsp3) is 0.188. The number of thiazole rings is 1. The van der Waals surface area contributed by atoms with Crippen LogP contribution in [-0.4, -0.2) is 35.9 Å². The van der Waals surface area contributed by atoms with Crippen LogP contribution in [0.3, 0.4) is 0 Å². The lowest BCUT2D eigenvalue weighted by Gasteiger charge is -2.10. The molecule has 0 aliphatic rings. The Bertz CT molecular complexity index is 1040. The van der Waals surface area contributed by atoms with Gasteiger partial charge in [-0.25, -0.2) is 15.0 Å². The molecule has 0 aliphatic carbocycles. The lowest BCUT2D eigenvalue weighted by atomic mass is 10.3. The van der Waals surface area contributed by atoms with Crippen molar-refractivity contribution in [2.45, 2.75) is 17.2 Å². The molecule has 0 fully saturated rings. The third-order valence-electron chi connectivity index (χ3n) is 3.67. The summed E-state index contributed by atoms with van der Waals surface area (Å²) in [5.74, 6) is -0.111. The summed E-state index contributed by atoms with van der Waals surface area (Å²) in [6, 6.07) is 7.81. The van der Waals surface area contributed by atoms with Crippen molar-refractivity contribution in [3.05, 3.63) is 36.8 Å². The molecule has 4 rings (SSSR count). The van der Waals surface area contributed by atoms with Gasteiger partial charge in [-0.05, 0) is 19.1 Å². The number of aromatic nitrogens is 5. The number of carbonyl (C=O) groups is 1. The van der Waals surface area contributed by atoms with E-state index in [1.807, 2.05) is 38.2 Å². The van der Waals surface area contributed by atoms with Crippen LogP contribution < -0.4 is 5.32 Å². The number of rotatable bonds is 4. The summed E-state index contributed by atoms with van der Waals surface area (Å²) >= 11 is 2.84. The summed E-state index contributed by atoms with van der Waals surface area (Å²) in [4.78, 5) is 25.4. The van der Waals surface area contributed by atoms with Gasteiger partial charge in [-0.3, -0.25) is 9.48 Å². The van der Waals surface area contributed by atoms with E-state index in [-0.39, 0.29) is 11.2 Å². The molecule has 1 N–H and O–H groups in total. The van der Waals surface area contributed by atoms with E-state index in [0.29, 0.717) is 5.13 Å². The van der Waals surface area contributed by atoms with Crippen LogP contribution in [-0.2, 0) is 11.8 Å². The Morgan fingerprint density at radius 1 is 1.32 bits per heavy atom. The van der Waals surface area contributed by atoms with Gasteiger partial charge in [0.25, 0.3) is 0 Å². The Labute approximate surface area is 151 Å². The third-order valence-corrected chi connectivity index (χ3v) is 5.74. The highest BCUT2D eigenvalue weighted by molar-refractivity contribution is 8.00. The molecule has 1 atom stereocenters. The zero-order valence-corrected chi connectivity index (χ0v) is 15.1. The van der Waals surface area contributed by atoms with Gasteiger partial charge < -0.3 is 5.32 Å². The number of thioether (sulfide) groups is 1. The van der Waals surface area contributed by atoms with Crippen LogP contribution in [0.2, 0.25) is 0 Å². The zero-order chi connectivity index (χ0) is 17.4. The second-order valence-corrected chi connectivity index (χ2v) is 7.78. The van der Waals surface area contributed by atoms with Gasteiger partial charge in [-0.2, -0.15) is 5.10 Å². The van der Waals surface area contributed by atoms with Crippen molar-refractivity contribution < 1.29 is 4.79 Å². The summed E-state index contributed by atoms with van der Waals surface area (Å²) < 4.78 is 2.73. The fourth-order valence-electron chi connectivity index (χ4n) is 2.39. The second-order valence-electron chi connectivity index (χ2n) is 5.42. The van der Waals surface area contributed by atoms with E-state index in [9.17, 15) is 4.79 Å². The van der Waals surface area contributed by atoms with Crippen LogP contribution in [0.5, 0.6) is 0 Å². The molecule has 7 nitrogen and oxygen atoms in total. The molecule has 3 heterocycles. The van der Waals surface area contributed by atoms with Crippen molar-refractivity contribution in [1.29, 1.82) is 0 Å². The first-order chi connectivity index (χ1) is 12.1. The summed E-state index contributed by atoms with van der Waals surface area (Å²) in [5.41, 5.74) is 1.63. The quantitative estimate of drug-likeness (QED) is 0.439. The van der Waals surface area contributed by atoms with Crippen LogP contribution >= 0.6 is 23.1 Å². The Morgan fingerprint density at radius 3 is 3.00 bits per heavy atom. The van der Waals surface area contributed by atoms with Crippen LogP contribution in [0.15, 0.2) is 41.8 Å². The fourth-order valence-corrected chi connectivity index (χ4v) is 4.14. The number of amides is 1. The smallest absolute Gasteiger partial charge is 0.239 e. The molecular formula is C16H14N6OS2. The lowest BCUT2D eigenvalue weighted by Crippen LogP contribution is -2.22. The van der Waals surface area contributed by atoms with E-state index in [0.717, 1.165) is 26.3 Å². The highest BCUT2D eigenvalue weighted by atomic mass is 32.2. The second kappa shape index (κ2) is 6.41. The normalized spacial score (nSPS) is 12.6. The van der Waals surface area contributed by atoms with Gasteiger partial charge in [-0.15, -0.1) is 0 Å². The Hall–Kier alpha value is -2.52. The van der Waals surface area contributed by atoms with Gasteiger partial charge in [-0.1, -0.05) is 35.2 Å². The minimum Gasteiger partial charge on any atom is -0.301 e. The summed E-state index contributed by atoms with van der Waals surface area (Å²) in [6.45, 7) is 1.84.